The van der Waals surface area contributed by atoms with Gasteiger partial charge < -0.3 is 0 Å². The number of benzene rings is 1. The lowest BCUT2D eigenvalue weighted by Gasteiger charge is -2.15. The lowest BCUT2D eigenvalue weighted by atomic mass is 10.0. The highest BCUT2D eigenvalue weighted by Gasteiger charge is 2.37. The molecule has 1 N–H and O–H groups in total. The Morgan fingerprint density at radius 3 is 2.27 bits per heavy atom. The Labute approximate surface area is 168 Å². The van der Waals surface area contributed by atoms with Gasteiger partial charge in [0.05, 0.1) is 11.1 Å². The van der Waals surface area contributed by atoms with Crippen molar-refractivity contribution in [1.29, 1.82) is 0 Å². The van der Waals surface area contributed by atoms with E-state index in [1.165, 1.54) is 6.20 Å². The van der Waals surface area contributed by atoms with Crippen molar-refractivity contribution >= 4 is 12.1 Å². The number of halogens is 6. The van der Waals surface area contributed by atoms with Crippen LogP contribution in [0.4, 0.5) is 26.3 Å². The van der Waals surface area contributed by atoms with Gasteiger partial charge in [-0.3, -0.25) is 10.2 Å². The molecule has 12 heteroatoms. The number of unbranched alkanes of at least 4 members (excludes halogenated alkanes) is 1. The molecule has 0 spiro atoms. The summed E-state index contributed by atoms with van der Waals surface area (Å²) < 4.78 is 78.9. The molecule has 6 nitrogen and oxygen atoms in total. The molecule has 164 valence electrons. The van der Waals surface area contributed by atoms with E-state index in [0.29, 0.717) is 18.7 Å². The minimum Gasteiger partial charge on any atom is -0.286 e. The molecule has 30 heavy (non-hydrogen) atoms. The highest BCUT2D eigenvalue weighted by atomic mass is 19.4. The monoisotopic (exact) mass is 435 g/mol. The second kappa shape index (κ2) is 9.28. The molecule has 1 amide bonds. The Bertz CT molecular complexity index is 871. The van der Waals surface area contributed by atoms with E-state index in [2.05, 4.69) is 15.5 Å². The Hall–Kier alpha value is -2.89. The number of hydrogen-bond acceptors (Lipinski definition) is 4. The van der Waals surface area contributed by atoms with Crippen LogP contribution in [-0.2, 0) is 17.1 Å². The Kier molecular flexibility index (Phi) is 7.24. The van der Waals surface area contributed by atoms with Gasteiger partial charge in [0.25, 0.3) is 5.91 Å². The summed E-state index contributed by atoms with van der Waals surface area (Å²) in [6.07, 6.45) is -4.77. The molecule has 0 saturated carbocycles. The second-order valence-corrected chi connectivity index (χ2v) is 6.41. The third-order valence-electron chi connectivity index (χ3n) is 3.88. The molecule has 0 fully saturated rings. The van der Waals surface area contributed by atoms with Crippen molar-refractivity contribution in [1.82, 2.24) is 25.2 Å². The number of rotatable bonds is 7. The van der Waals surface area contributed by atoms with Gasteiger partial charge >= 0.3 is 12.4 Å². The molecule has 2 aromatic rings. The largest absolute Gasteiger partial charge is 0.416 e. The van der Waals surface area contributed by atoms with Crippen LogP contribution in [-0.4, -0.2) is 39.3 Å². The maximum atomic E-state index is 13.0. The first-order valence-corrected chi connectivity index (χ1v) is 8.81. The van der Waals surface area contributed by atoms with Crippen LogP contribution in [0, 0.1) is 0 Å². The Morgan fingerprint density at radius 2 is 1.73 bits per heavy atom. The minimum absolute atomic E-state index is 0.0276. The predicted octanol–water partition coefficient (Wildman–Crippen LogP) is 4.22. The molecule has 1 aromatic carbocycles. The second-order valence-electron chi connectivity index (χ2n) is 6.41. The van der Waals surface area contributed by atoms with Crippen LogP contribution < -0.4 is 5.43 Å². The van der Waals surface area contributed by atoms with E-state index in [-0.39, 0.29) is 11.9 Å². The molecule has 0 aliphatic carbocycles. The number of hydrazine groups is 1. The lowest BCUT2D eigenvalue weighted by Crippen LogP contribution is -2.38. The van der Waals surface area contributed by atoms with Gasteiger partial charge in [0.1, 0.15) is 6.33 Å². The third-order valence-corrected chi connectivity index (χ3v) is 3.88. The van der Waals surface area contributed by atoms with Gasteiger partial charge in [0.15, 0.2) is 5.82 Å². The number of carbonyl (C=O) groups excluding carboxylic acids is 1. The number of alkyl halides is 6. The van der Waals surface area contributed by atoms with Crippen LogP contribution in [0.15, 0.2) is 30.6 Å². The molecule has 0 atom stereocenters. The van der Waals surface area contributed by atoms with Crippen molar-refractivity contribution in [3.8, 4) is 11.4 Å². The molecule has 0 bridgehead atoms. The van der Waals surface area contributed by atoms with Gasteiger partial charge in [-0.05, 0) is 24.6 Å². The number of aromatic nitrogens is 3. The zero-order valence-corrected chi connectivity index (χ0v) is 16.1. The first-order chi connectivity index (χ1) is 13.9. The molecule has 1 aromatic heterocycles. The quantitative estimate of drug-likeness (QED) is 0.402. The van der Waals surface area contributed by atoms with E-state index in [0.717, 1.165) is 29.9 Å². The number of amides is 1. The smallest absolute Gasteiger partial charge is 0.286 e. The van der Waals surface area contributed by atoms with Crippen molar-refractivity contribution in [2.24, 2.45) is 0 Å². The van der Waals surface area contributed by atoms with Crippen LogP contribution in [0.25, 0.3) is 17.6 Å². The molecule has 2 rings (SSSR count). The van der Waals surface area contributed by atoms with Crippen LogP contribution in [0.3, 0.4) is 0 Å². The van der Waals surface area contributed by atoms with Crippen molar-refractivity contribution < 1.29 is 31.1 Å². The van der Waals surface area contributed by atoms with Crippen LogP contribution in [0.5, 0.6) is 0 Å². The SMILES string of the molecule is CCCCN(C)NC(=O)/C=C\n1cnc(-c2cc(C(F)(F)F)cc(C(F)(F)F)c2)n1. The molecule has 0 unspecified atom stereocenters. The fraction of sp³-hybridized carbons (Fsp3) is 0.389. The predicted molar refractivity (Wildman–Crippen MR) is 96.5 cm³/mol. The van der Waals surface area contributed by atoms with Gasteiger partial charge in [-0.2, -0.15) is 26.3 Å². The molecule has 0 saturated heterocycles. The average Bonchev–Trinajstić information content (AvgIpc) is 3.12. The number of nitrogens with one attached hydrogen (secondary N) is 1. The lowest BCUT2D eigenvalue weighted by molar-refractivity contribution is -0.143. The zero-order valence-electron chi connectivity index (χ0n) is 16.1. The summed E-state index contributed by atoms with van der Waals surface area (Å²) in [7, 11) is 1.68. The third kappa shape index (κ3) is 6.58. The maximum absolute atomic E-state index is 13.0. The first-order valence-electron chi connectivity index (χ1n) is 8.81. The summed E-state index contributed by atoms with van der Waals surface area (Å²) in [4.78, 5) is 15.6. The van der Waals surface area contributed by atoms with Crippen LogP contribution in [0.1, 0.15) is 30.9 Å². The molecule has 0 aliphatic heterocycles. The standard InChI is InChI=1S/C18H19F6N5O/c1-3-4-6-28(2)26-15(30)5-7-29-11-25-16(27-29)12-8-13(17(19,20)21)10-14(9-12)18(22,23)24/h5,7-11H,3-4,6H2,1-2H3,(H,26,30)/b7-5-. The fourth-order valence-electron chi connectivity index (χ4n) is 2.38. The summed E-state index contributed by atoms with van der Waals surface area (Å²) in [6, 6.07) is 1.10. The fourth-order valence-corrected chi connectivity index (χ4v) is 2.38. The summed E-state index contributed by atoms with van der Waals surface area (Å²) in [6.45, 7) is 2.64. The average molecular weight is 435 g/mol. The Balaban J connectivity index is 2.22. The first kappa shape index (κ1) is 23.4. The summed E-state index contributed by atoms with van der Waals surface area (Å²) in [5, 5.41) is 5.41. The maximum Gasteiger partial charge on any atom is 0.416 e. The van der Waals surface area contributed by atoms with E-state index in [4.69, 9.17) is 0 Å². The number of carbonyl (C=O) groups is 1. The van der Waals surface area contributed by atoms with E-state index < -0.39 is 35.0 Å². The van der Waals surface area contributed by atoms with E-state index in [1.807, 2.05) is 6.92 Å². The normalized spacial score (nSPS) is 12.7. The van der Waals surface area contributed by atoms with Crippen LogP contribution in [0.2, 0.25) is 0 Å². The Morgan fingerprint density at radius 1 is 1.13 bits per heavy atom. The van der Waals surface area contributed by atoms with E-state index in [9.17, 15) is 31.1 Å². The molecular formula is C18H19F6N5O. The summed E-state index contributed by atoms with van der Waals surface area (Å²) in [5.41, 5.74) is -0.812. The van der Waals surface area contributed by atoms with Crippen molar-refractivity contribution in [2.75, 3.05) is 13.6 Å². The molecule has 1 heterocycles. The van der Waals surface area contributed by atoms with Gasteiger partial charge in [-0.25, -0.2) is 14.7 Å². The van der Waals surface area contributed by atoms with Gasteiger partial charge in [-0.1, -0.05) is 13.3 Å². The molecular weight excluding hydrogens is 416 g/mol. The highest BCUT2D eigenvalue weighted by Crippen LogP contribution is 2.37. The highest BCUT2D eigenvalue weighted by molar-refractivity contribution is 5.89. The molecule has 0 aliphatic rings. The number of hydrogen-bond donors (Lipinski definition) is 1. The van der Waals surface area contributed by atoms with E-state index >= 15 is 0 Å². The summed E-state index contributed by atoms with van der Waals surface area (Å²) in [5.74, 6) is -0.833. The topological polar surface area (TPSA) is 63.1 Å². The summed E-state index contributed by atoms with van der Waals surface area (Å²) >= 11 is 0. The molecule has 0 radical (unpaired) electrons. The van der Waals surface area contributed by atoms with Gasteiger partial charge in [-0.15, -0.1) is 5.10 Å². The minimum atomic E-state index is -4.97. The van der Waals surface area contributed by atoms with Gasteiger partial charge in [0.2, 0.25) is 0 Å². The zero-order chi connectivity index (χ0) is 22.5. The van der Waals surface area contributed by atoms with Crippen molar-refractivity contribution in [3.63, 3.8) is 0 Å². The van der Waals surface area contributed by atoms with Crippen molar-refractivity contribution in [2.45, 2.75) is 32.1 Å². The number of nitrogens with zero attached hydrogens (tertiary/aromatic N) is 4. The van der Waals surface area contributed by atoms with Crippen LogP contribution >= 0.6 is 0 Å². The van der Waals surface area contributed by atoms with E-state index in [1.54, 1.807) is 12.1 Å². The van der Waals surface area contributed by atoms with Gasteiger partial charge in [0, 0.05) is 31.4 Å². The van der Waals surface area contributed by atoms with Crippen molar-refractivity contribution in [3.05, 3.63) is 41.7 Å².